The standard InChI is InChI=1S/C9H11N5S/c1-6-2-7(4-11-3-6)5-15-9-12-8(10)13-14-9/h2-4H,5H2,1H3,(H3,10,12,13,14). The number of pyridine rings is 1. The molecule has 0 unspecified atom stereocenters. The van der Waals surface area contributed by atoms with Gasteiger partial charge in [-0.05, 0) is 18.1 Å². The topological polar surface area (TPSA) is 80.5 Å². The largest absolute Gasteiger partial charge is 0.368 e. The Labute approximate surface area is 91.5 Å². The summed E-state index contributed by atoms with van der Waals surface area (Å²) in [6.45, 7) is 2.02. The van der Waals surface area contributed by atoms with Gasteiger partial charge >= 0.3 is 0 Å². The Morgan fingerprint density at radius 1 is 1.47 bits per heavy atom. The summed E-state index contributed by atoms with van der Waals surface area (Å²) in [5.74, 6) is 1.14. The average molecular weight is 221 g/mol. The molecule has 0 aromatic carbocycles. The fraction of sp³-hybridized carbons (Fsp3) is 0.222. The SMILES string of the molecule is Cc1cncc(CSc2n[nH]c(N)n2)c1. The number of hydrogen-bond acceptors (Lipinski definition) is 5. The second-order valence-electron chi connectivity index (χ2n) is 3.16. The van der Waals surface area contributed by atoms with Gasteiger partial charge in [0.25, 0.3) is 0 Å². The van der Waals surface area contributed by atoms with Crippen molar-refractivity contribution in [2.45, 2.75) is 17.8 Å². The molecule has 78 valence electrons. The zero-order valence-electron chi connectivity index (χ0n) is 8.27. The number of nitrogens with two attached hydrogens (primary N) is 1. The molecule has 5 nitrogen and oxygen atoms in total. The molecule has 0 amide bonds. The Hall–Kier alpha value is -1.56. The number of nitrogens with one attached hydrogen (secondary N) is 1. The predicted molar refractivity (Wildman–Crippen MR) is 59.3 cm³/mol. The molecule has 6 heteroatoms. The predicted octanol–water partition coefficient (Wildman–Crippen LogP) is 1.38. The van der Waals surface area contributed by atoms with Crippen molar-refractivity contribution in [2.24, 2.45) is 0 Å². The lowest BCUT2D eigenvalue weighted by Crippen LogP contribution is -1.86. The first kappa shape index (κ1) is 9.97. The lowest BCUT2D eigenvalue weighted by Gasteiger charge is -1.98. The van der Waals surface area contributed by atoms with Crippen LogP contribution >= 0.6 is 11.8 Å². The van der Waals surface area contributed by atoms with Gasteiger partial charge in [0.15, 0.2) is 0 Å². The summed E-state index contributed by atoms with van der Waals surface area (Å²) in [6.07, 6.45) is 3.68. The molecule has 0 atom stereocenters. The highest BCUT2D eigenvalue weighted by molar-refractivity contribution is 7.98. The smallest absolute Gasteiger partial charge is 0.216 e. The van der Waals surface area contributed by atoms with Crippen LogP contribution in [0.15, 0.2) is 23.6 Å². The molecule has 0 radical (unpaired) electrons. The Morgan fingerprint density at radius 2 is 2.33 bits per heavy atom. The van der Waals surface area contributed by atoms with E-state index in [2.05, 4.69) is 26.2 Å². The van der Waals surface area contributed by atoms with E-state index in [0.717, 1.165) is 16.9 Å². The third-order valence-corrected chi connectivity index (χ3v) is 2.70. The van der Waals surface area contributed by atoms with E-state index in [9.17, 15) is 0 Å². The lowest BCUT2D eigenvalue weighted by molar-refractivity contribution is 0.973. The van der Waals surface area contributed by atoms with E-state index < -0.39 is 0 Å². The number of hydrogen-bond donors (Lipinski definition) is 2. The summed E-state index contributed by atoms with van der Waals surface area (Å²) in [5.41, 5.74) is 7.73. The monoisotopic (exact) mass is 221 g/mol. The Morgan fingerprint density at radius 3 is 3.00 bits per heavy atom. The molecule has 2 aromatic heterocycles. The maximum Gasteiger partial charge on any atom is 0.216 e. The maximum absolute atomic E-state index is 5.42. The number of aryl methyl sites for hydroxylation is 1. The fourth-order valence-corrected chi connectivity index (χ4v) is 1.89. The maximum atomic E-state index is 5.42. The number of aromatic nitrogens is 4. The summed E-state index contributed by atoms with van der Waals surface area (Å²) < 4.78 is 0. The second kappa shape index (κ2) is 4.31. The first-order valence-corrected chi connectivity index (χ1v) is 5.44. The molecule has 3 N–H and O–H groups in total. The Balaban J connectivity index is 1.99. The van der Waals surface area contributed by atoms with Gasteiger partial charge in [0, 0.05) is 18.1 Å². The van der Waals surface area contributed by atoms with Crippen molar-refractivity contribution < 1.29 is 0 Å². The minimum Gasteiger partial charge on any atom is -0.368 e. The molecule has 0 saturated heterocycles. The van der Waals surface area contributed by atoms with E-state index in [1.165, 1.54) is 11.8 Å². The van der Waals surface area contributed by atoms with Gasteiger partial charge in [0.05, 0.1) is 0 Å². The van der Waals surface area contributed by atoms with E-state index in [0.29, 0.717) is 11.1 Å². The van der Waals surface area contributed by atoms with E-state index in [1.54, 1.807) is 0 Å². The number of rotatable bonds is 3. The molecule has 2 rings (SSSR count). The molecule has 0 spiro atoms. The van der Waals surface area contributed by atoms with E-state index in [4.69, 9.17) is 5.73 Å². The van der Waals surface area contributed by atoms with Gasteiger partial charge in [-0.2, -0.15) is 4.98 Å². The number of H-pyrrole nitrogens is 1. The van der Waals surface area contributed by atoms with Crippen LogP contribution in [0.4, 0.5) is 5.95 Å². The van der Waals surface area contributed by atoms with Crippen LogP contribution in [0.2, 0.25) is 0 Å². The molecule has 0 aliphatic carbocycles. The molecule has 0 fully saturated rings. The Kier molecular flexibility index (Phi) is 2.86. The number of thioether (sulfide) groups is 1. The van der Waals surface area contributed by atoms with Gasteiger partial charge < -0.3 is 5.73 Å². The first-order valence-electron chi connectivity index (χ1n) is 4.45. The van der Waals surface area contributed by atoms with E-state index >= 15 is 0 Å². The third kappa shape index (κ3) is 2.69. The fourth-order valence-electron chi connectivity index (χ4n) is 1.17. The number of nitrogen functional groups attached to an aromatic ring is 1. The highest BCUT2D eigenvalue weighted by Gasteiger charge is 2.01. The molecule has 0 aliphatic rings. The van der Waals surface area contributed by atoms with Crippen molar-refractivity contribution in [3.63, 3.8) is 0 Å². The number of anilines is 1. The van der Waals surface area contributed by atoms with Gasteiger partial charge in [-0.1, -0.05) is 17.8 Å². The summed E-state index contributed by atoms with van der Waals surface area (Å²) in [4.78, 5) is 8.12. The van der Waals surface area contributed by atoms with Gasteiger partial charge in [-0.15, -0.1) is 5.10 Å². The third-order valence-electron chi connectivity index (χ3n) is 1.78. The number of aromatic amines is 1. The normalized spacial score (nSPS) is 10.5. The molecule has 0 bridgehead atoms. The average Bonchev–Trinajstić information content (AvgIpc) is 2.62. The van der Waals surface area contributed by atoms with Gasteiger partial charge in [-0.3, -0.25) is 4.98 Å². The van der Waals surface area contributed by atoms with Gasteiger partial charge in [0.2, 0.25) is 11.1 Å². The Bertz CT molecular complexity index is 453. The first-order chi connectivity index (χ1) is 7.24. The van der Waals surface area contributed by atoms with Crippen molar-refractivity contribution in [1.29, 1.82) is 0 Å². The van der Waals surface area contributed by atoms with Crippen LogP contribution in [0.1, 0.15) is 11.1 Å². The van der Waals surface area contributed by atoms with Crippen molar-refractivity contribution in [2.75, 3.05) is 5.73 Å². The minimum absolute atomic E-state index is 0.347. The molecule has 2 heterocycles. The van der Waals surface area contributed by atoms with Crippen LogP contribution in [0.5, 0.6) is 0 Å². The van der Waals surface area contributed by atoms with Crippen LogP contribution in [-0.4, -0.2) is 20.2 Å². The van der Waals surface area contributed by atoms with E-state index in [1.807, 2.05) is 19.3 Å². The van der Waals surface area contributed by atoms with Gasteiger partial charge in [0.1, 0.15) is 0 Å². The lowest BCUT2D eigenvalue weighted by atomic mass is 10.2. The quantitative estimate of drug-likeness (QED) is 0.765. The van der Waals surface area contributed by atoms with E-state index in [-0.39, 0.29) is 0 Å². The molecule has 0 aliphatic heterocycles. The second-order valence-corrected chi connectivity index (χ2v) is 4.10. The highest BCUT2D eigenvalue weighted by atomic mass is 32.2. The van der Waals surface area contributed by atoms with Crippen molar-refractivity contribution in [3.05, 3.63) is 29.6 Å². The number of nitrogens with zero attached hydrogens (tertiary/aromatic N) is 3. The van der Waals surface area contributed by atoms with Crippen LogP contribution in [0.25, 0.3) is 0 Å². The summed E-state index contributed by atoms with van der Waals surface area (Å²) in [5, 5.41) is 7.19. The van der Waals surface area contributed by atoms with Crippen LogP contribution in [0, 0.1) is 6.92 Å². The summed E-state index contributed by atoms with van der Waals surface area (Å²) >= 11 is 1.53. The molecule has 2 aromatic rings. The van der Waals surface area contributed by atoms with Crippen molar-refractivity contribution in [3.8, 4) is 0 Å². The molecule has 0 saturated carbocycles. The minimum atomic E-state index is 0.347. The molecule has 15 heavy (non-hydrogen) atoms. The van der Waals surface area contributed by atoms with Crippen LogP contribution in [-0.2, 0) is 5.75 Å². The zero-order valence-corrected chi connectivity index (χ0v) is 9.08. The highest BCUT2D eigenvalue weighted by Crippen LogP contribution is 2.18. The van der Waals surface area contributed by atoms with Crippen LogP contribution in [0.3, 0.4) is 0 Å². The molecular weight excluding hydrogens is 210 g/mol. The van der Waals surface area contributed by atoms with Crippen LogP contribution < -0.4 is 5.73 Å². The van der Waals surface area contributed by atoms with Crippen molar-refractivity contribution >= 4 is 17.7 Å². The molecular formula is C9H11N5S. The summed E-state index contributed by atoms with van der Waals surface area (Å²) in [6, 6.07) is 2.09. The van der Waals surface area contributed by atoms with Crippen molar-refractivity contribution in [1.82, 2.24) is 20.2 Å². The summed E-state index contributed by atoms with van der Waals surface area (Å²) in [7, 11) is 0. The van der Waals surface area contributed by atoms with Gasteiger partial charge in [-0.25, -0.2) is 5.10 Å². The zero-order chi connectivity index (χ0) is 10.7.